The highest BCUT2D eigenvalue weighted by Crippen LogP contribution is 2.17. The van der Waals surface area contributed by atoms with Crippen LogP contribution in [0.1, 0.15) is 0 Å². The molecule has 0 aliphatic heterocycles. The Kier molecular flexibility index (Phi) is 2.54. The molecule has 2 rings (SSSR count). The zero-order valence-corrected chi connectivity index (χ0v) is 9.77. The van der Waals surface area contributed by atoms with Crippen LogP contribution in [0.2, 0.25) is 0 Å². The first kappa shape index (κ1) is 10.3. The molecule has 0 aliphatic rings. The van der Waals surface area contributed by atoms with Gasteiger partial charge in [0.05, 0.1) is 6.33 Å². The van der Waals surface area contributed by atoms with Crippen molar-refractivity contribution in [3.05, 3.63) is 33.3 Å². The molecule has 0 radical (unpaired) electrons. The summed E-state index contributed by atoms with van der Waals surface area (Å²) in [5.74, 6) is 0. The van der Waals surface area contributed by atoms with Gasteiger partial charge in [0.1, 0.15) is 4.70 Å². The van der Waals surface area contributed by atoms with Crippen LogP contribution in [0.4, 0.5) is 0 Å². The lowest BCUT2D eigenvalue weighted by Crippen LogP contribution is -2.16. The van der Waals surface area contributed by atoms with Crippen molar-refractivity contribution < 1.29 is 0 Å². The highest BCUT2D eigenvalue weighted by molar-refractivity contribution is 7.73. The zero-order valence-electron chi connectivity index (χ0n) is 8.14. The molecule has 0 fully saturated rings. The molecule has 0 amide bonds. The van der Waals surface area contributed by atoms with Crippen molar-refractivity contribution >= 4 is 33.9 Å². The Hall–Kier alpha value is -1.27. The van der Waals surface area contributed by atoms with E-state index in [0.717, 1.165) is 0 Å². The number of hydrogen-bond donors (Lipinski definition) is 0. The maximum atomic E-state index is 11.7. The van der Waals surface area contributed by atoms with Crippen molar-refractivity contribution in [2.24, 2.45) is 7.05 Å². The summed E-state index contributed by atoms with van der Waals surface area (Å²) in [6.45, 7) is 4.23. The molecule has 0 atom stereocenters. The van der Waals surface area contributed by atoms with Crippen LogP contribution in [0.25, 0.3) is 10.3 Å². The van der Waals surface area contributed by atoms with E-state index in [1.807, 2.05) is 4.57 Å². The fourth-order valence-electron chi connectivity index (χ4n) is 1.31. The Morgan fingerprint density at radius 2 is 2.47 bits per heavy atom. The second kappa shape index (κ2) is 3.71. The Labute approximate surface area is 95.1 Å². The van der Waals surface area contributed by atoms with Crippen LogP contribution < -0.4 is 5.56 Å². The van der Waals surface area contributed by atoms with E-state index in [4.69, 9.17) is 12.2 Å². The number of thiazole rings is 1. The van der Waals surface area contributed by atoms with Crippen LogP contribution in [0, 0.1) is 3.95 Å². The van der Waals surface area contributed by atoms with Crippen molar-refractivity contribution in [3.63, 3.8) is 0 Å². The van der Waals surface area contributed by atoms with Gasteiger partial charge in [-0.25, -0.2) is 4.98 Å². The largest absolute Gasteiger partial charge is 0.304 e. The minimum Gasteiger partial charge on any atom is -0.304 e. The average Bonchev–Trinajstić information content (AvgIpc) is 2.52. The Morgan fingerprint density at radius 3 is 3.13 bits per heavy atom. The molecule has 15 heavy (non-hydrogen) atoms. The van der Waals surface area contributed by atoms with Crippen LogP contribution in [-0.2, 0) is 13.6 Å². The zero-order chi connectivity index (χ0) is 11.0. The summed E-state index contributed by atoms with van der Waals surface area (Å²) < 4.78 is 4.52. The van der Waals surface area contributed by atoms with Crippen LogP contribution in [0.3, 0.4) is 0 Å². The number of hydrogen-bond acceptors (Lipinski definition) is 4. The first-order chi connectivity index (χ1) is 7.15. The van der Waals surface area contributed by atoms with E-state index in [0.29, 0.717) is 20.8 Å². The standard InChI is InChI=1S/C9H9N3OS2/c1-3-4-12-7-6(15-9(12)14)8(13)11(2)5-10-7/h3,5H,1,4H2,2H3. The van der Waals surface area contributed by atoms with Crippen molar-refractivity contribution in [1.82, 2.24) is 14.1 Å². The van der Waals surface area contributed by atoms with Gasteiger partial charge in [-0.3, -0.25) is 4.79 Å². The summed E-state index contributed by atoms with van der Waals surface area (Å²) in [5.41, 5.74) is 0.590. The van der Waals surface area contributed by atoms with Crippen molar-refractivity contribution in [2.45, 2.75) is 6.54 Å². The third kappa shape index (κ3) is 1.55. The number of fused-ring (bicyclic) bond motifs is 1. The van der Waals surface area contributed by atoms with Gasteiger partial charge >= 0.3 is 0 Å². The highest BCUT2D eigenvalue weighted by atomic mass is 32.1. The number of aryl methyl sites for hydroxylation is 1. The van der Waals surface area contributed by atoms with Crippen LogP contribution >= 0.6 is 23.6 Å². The topological polar surface area (TPSA) is 39.8 Å². The van der Waals surface area contributed by atoms with E-state index < -0.39 is 0 Å². The summed E-state index contributed by atoms with van der Waals surface area (Å²) in [7, 11) is 1.68. The number of aromatic nitrogens is 3. The molecule has 0 spiro atoms. The summed E-state index contributed by atoms with van der Waals surface area (Å²) in [6.07, 6.45) is 3.24. The molecule has 0 bridgehead atoms. The van der Waals surface area contributed by atoms with Gasteiger partial charge in [-0.2, -0.15) is 0 Å². The maximum absolute atomic E-state index is 11.7. The smallest absolute Gasteiger partial charge is 0.272 e. The molecule has 0 unspecified atom stereocenters. The van der Waals surface area contributed by atoms with Gasteiger partial charge in [0, 0.05) is 13.6 Å². The first-order valence-electron chi connectivity index (χ1n) is 4.31. The van der Waals surface area contributed by atoms with Crippen molar-refractivity contribution in [3.8, 4) is 0 Å². The number of nitrogens with zero attached hydrogens (tertiary/aromatic N) is 3. The van der Waals surface area contributed by atoms with Crippen molar-refractivity contribution in [1.29, 1.82) is 0 Å². The molecule has 2 aromatic heterocycles. The quantitative estimate of drug-likeness (QED) is 0.591. The van der Waals surface area contributed by atoms with E-state index in [9.17, 15) is 4.79 Å². The fourth-order valence-corrected chi connectivity index (χ4v) is 2.65. The number of rotatable bonds is 2. The van der Waals surface area contributed by atoms with Gasteiger partial charge in [-0.15, -0.1) is 6.58 Å². The molecule has 6 heteroatoms. The van der Waals surface area contributed by atoms with E-state index >= 15 is 0 Å². The Bertz CT molecular complexity index is 635. The summed E-state index contributed by atoms with van der Waals surface area (Å²) in [5, 5.41) is 0. The molecule has 0 saturated heterocycles. The van der Waals surface area contributed by atoms with Gasteiger partial charge in [0.25, 0.3) is 5.56 Å². The van der Waals surface area contributed by atoms with Gasteiger partial charge in [0.2, 0.25) is 0 Å². The summed E-state index contributed by atoms with van der Waals surface area (Å²) in [4.78, 5) is 15.9. The molecular weight excluding hydrogens is 230 g/mol. The lowest BCUT2D eigenvalue weighted by molar-refractivity contribution is 0.809. The third-order valence-corrected chi connectivity index (χ3v) is 3.47. The minimum atomic E-state index is -0.0566. The van der Waals surface area contributed by atoms with E-state index in [1.54, 1.807) is 13.1 Å². The minimum absolute atomic E-state index is 0.0566. The molecule has 0 saturated carbocycles. The highest BCUT2D eigenvalue weighted by Gasteiger charge is 2.09. The van der Waals surface area contributed by atoms with Gasteiger partial charge in [0.15, 0.2) is 9.60 Å². The monoisotopic (exact) mass is 239 g/mol. The van der Waals surface area contributed by atoms with E-state index in [2.05, 4.69) is 11.6 Å². The third-order valence-electron chi connectivity index (χ3n) is 2.05. The van der Waals surface area contributed by atoms with Gasteiger partial charge < -0.3 is 9.13 Å². The van der Waals surface area contributed by atoms with Gasteiger partial charge in [-0.05, 0) is 12.2 Å². The predicted molar refractivity (Wildman–Crippen MR) is 63.9 cm³/mol. The maximum Gasteiger partial charge on any atom is 0.272 e. The molecule has 0 N–H and O–H groups in total. The van der Waals surface area contributed by atoms with E-state index in [1.165, 1.54) is 22.2 Å². The molecule has 0 aliphatic carbocycles. The summed E-state index contributed by atoms with van der Waals surface area (Å²) in [6, 6.07) is 0. The van der Waals surface area contributed by atoms with Crippen molar-refractivity contribution in [2.75, 3.05) is 0 Å². The predicted octanol–water partition coefficient (Wildman–Crippen LogP) is 1.71. The van der Waals surface area contributed by atoms with Crippen LogP contribution in [-0.4, -0.2) is 14.1 Å². The lowest BCUT2D eigenvalue weighted by atomic mass is 10.5. The normalized spacial score (nSPS) is 10.7. The second-order valence-electron chi connectivity index (χ2n) is 3.08. The second-order valence-corrected chi connectivity index (χ2v) is 4.72. The lowest BCUT2D eigenvalue weighted by Gasteiger charge is -1.99. The average molecular weight is 239 g/mol. The van der Waals surface area contributed by atoms with Crippen LogP contribution in [0.15, 0.2) is 23.8 Å². The first-order valence-corrected chi connectivity index (χ1v) is 5.53. The molecule has 78 valence electrons. The summed E-state index contributed by atoms with van der Waals surface area (Å²) >= 11 is 6.46. The molecule has 0 aromatic carbocycles. The molecular formula is C9H9N3OS2. The molecule has 2 aromatic rings. The molecule has 2 heterocycles. The Balaban J connectivity index is 2.91. The molecule has 4 nitrogen and oxygen atoms in total. The fraction of sp³-hybridized carbons (Fsp3) is 0.222. The van der Waals surface area contributed by atoms with Crippen LogP contribution in [0.5, 0.6) is 0 Å². The van der Waals surface area contributed by atoms with Gasteiger partial charge in [-0.1, -0.05) is 17.4 Å². The Morgan fingerprint density at radius 1 is 1.73 bits per heavy atom. The number of allylic oxidation sites excluding steroid dienone is 1. The SMILES string of the molecule is C=CCn1c(=S)sc2c(=O)n(C)cnc21. The van der Waals surface area contributed by atoms with E-state index in [-0.39, 0.29) is 5.56 Å².